The van der Waals surface area contributed by atoms with Crippen LogP contribution in [0.5, 0.6) is 0 Å². The largest absolute Gasteiger partial charge is 0.416 e. The van der Waals surface area contributed by atoms with Crippen molar-refractivity contribution >= 4 is 12.4 Å². The minimum absolute atomic E-state index is 0. The number of aliphatic hydroxyl groups is 1. The van der Waals surface area contributed by atoms with Crippen molar-refractivity contribution < 1.29 is 31.4 Å². The van der Waals surface area contributed by atoms with E-state index in [4.69, 9.17) is 5.73 Å². The third-order valence-corrected chi connectivity index (χ3v) is 2.50. The van der Waals surface area contributed by atoms with Crippen molar-refractivity contribution in [3.63, 3.8) is 0 Å². The van der Waals surface area contributed by atoms with Gasteiger partial charge in [-0.05, 0) is 17.7 Å². The summed E-state index contributed by atoms with van der Waals surface area (Å²) in [6, 6.07) is 1.20. The van der Waals surface area contributed by atoms with E-state index in [1.54, 1.807) is 0 Å². The number of rotatable bonds is 3. The van der Waals surface area contributed by atoms with E-state index in [1.807, 2.05) is 0 Å². The molecule has 0 aliphatic rings. The van der Waals surface area contributed by atoms with Gasteiger partial charge in [-0.3, -0.25) is 0 Å². The second-order valence-corrected chi connectivity index (χ2v) is 4.02. The van der Waals surface area contributed by atoms with Crippen molar-refractivity contribution in [1.82, 2.24) is 0 Å². The van der Waals surface area contributed by atoms with Crippen LogP contribution in [0.15, 0.2) is 24.3 Å². The molecule has 0 saturated heterocycles. The van der Waals surface area contributed by atoms with Gasteiger partial charge in [-0.2, -0.15) is 26.3 Å². The lowest BCUT2D eigenvalue weighted by atomic mass is 10.00. The second-order valence-electron chi connectivity index (χ2n) is 4.02. The summed E-state index contributed by atoms with van der Waals surface area (Å²) in [5, 5.41) is 9.50. The number of hydrogen-bond acceptors (Lipinski definition) is 2. The van der Waals surface area contributed by atoms with E-state index in [2.05, 4.69) is 0 Å². The fourth-order valence-electron chi connectivity index (χ4n) is 1.43. The van der Waals surface area contributed by atoms with Gasteiger partial charge in [-0.1, -0.05) is 12.1 Å². The van der Waals surface area contributed by atoms with E-state index < -0.39 is 36.5 Å². The Morgan fingerprint density at radius 1 is 1.10 bits per heavy atom. The van der Waals surface area contributed by atoms with Crippen molar-refractivity contribution in [1.29, 1.82) is 0 Å². The zero-order valence-electron chi connectivity index (χ0n) is 9.87. The number of halogens is 7. The van der Waals surface area contributed by atoms with Gasteiger partial charge in [0.15, 0.2) is 0 Å². The SMILES string of the molecule is Cl.N[C@@H](C[C@H](O)c1cccc(C(F)(F)F)c1)C(F)(F)F. The number of nitrogens with two attached hydrogens (primary N) is 1. The molecule has 0 spiro atoms. The maximum Gasteiger partial charge on any atom is 0.416 e. The Morgan fingerprint density at radius 2 is 1.65 bits per heavy atom. The van der Waals surface area contributed by atoms with Crippen LogP contribution in [0.3, 0.4) is 0 Å². The molecule has 0 radical (unpaired) electrons. The summed E-state index contributed by atoms with van der Waals surface area (Å²) in [6.07, 6.45) is -11.9. The molecule has 0 fully saturated rings. The minimum atomic E-state index is -4.71. The smallest absolute Gasteiger partial charge is 0.388 e. The van der Waals surface area contributed by atoms with Crippen molar-refractivity contribution in [2.24, 2.45) is 5.73 Å². The molecule has 3 N–H and O–H groups in total. The number of aliphatic hydroxyl groups excluding tert-OH is 1. The third kappa shape index (κ3) is 5.18. The zero-order chi connectivity index (χ0) is 14.8. The highest BCUT2D eigenvalue weighted by Crippen LogP contribution is 2.32. The molecule has 0 aliphatic heterocycles. The molecular weight excluding hydrogens is 312 g/mol. The Balaban J connectivity index is 0.00000361. The predicted octanol–water partition coefficient (Wildman–Crippen LogP) is 3.44. The highest BCUT2D eigenvalue weighted by molar-refractivity contribution is 5.85. The lowest BCUT2D eigenvalue weighted by Gasteiger charge is -2.20. The van der Waals surface area contributed by atoms with Gasteiger partial charge >= 0.3 is 12.4 Å². The molecule has 2 atom stereocenters. The molecule has 0 unspecified atom stereocenters. The molecule has 2 nitrogen and oxygen atoms in total. The standard InChI is InChI=1S/C11H11F6NO.ClH/c12-10(13,14)7-3-1-2-6(4-7)8(19)5-9(18)11(15,16)17;/h1-4,8-9,19H,5,18H2;1H/t8-,9-;/m0./s1. The summed E-state index contributed by atoms with van der Waals surface area (Å²) in [4.78, 5) is 0. The van der Waals surface area contributed by atoms with Crippen molar-refractivity contribution in [2.75, 3.05) is 0 Å². The van der Waals surface area contributed by atoms with Crippen molar-refractivity contribution in [3.05, 3.63) is 35.4 Å². The molecule has 1 aromatic rings. The van der Waals surface area contributed by atoms with Gasteiger partial charge in [0.2, 0.25) is 0 Å². The lowest BCUT2D eigenvalue weighted by molar-refractivity contribution is -0.154. The van der Waals surface area contributed by atoms with Gasteiger partial charge in [0.1, 0.15) is 6.04 Å². The molecule has 0 amide bonds. The van der Waals surface area contributed by atoms with Crippen molar-refractivity contribution in [2.45, 2.75) is 30.9 Å². The Hall–Kier alpha value is -0.990. The molecule has 0 aliphatic carbocycles. The second kappa shape index (κ2) is 6.64. The first kappa shape index (κ1) is 19.0. The molecule has 9 heteroatoms. The first-order valence-corrected chi connectivity index (χ1v) is 5.19. The first-order chi connectivity index (χ1) is 8.51. The van der Waals surface area contributed by atoms with Crippen LogP contribution in [0.1, 0.15) is 23.7 Å². The third-order valence-electron chi connectivity index (χ3n) is 2.50. The first-order valence-electron chi connectivity index (χ1n) is 5.19. The summed E-state index contributed by atoms with van der Waals surface area (Å²) in [7, 11) is 0. The Morgan fingerprint density at radius 3 is 2.10 bits per heavy atom. The number of benzene rings is 1. The summed E-state index contributed by atoms with van der Waals surface area (Å²) in [6.45, 7) is 0. The molecule has 1 aromatic carbocycles. The average Bonchev–Trinajstić information content (AvgIpc) is 2.26. The quantitative estimate of drug-likeness (QED) is 0.837. The number of hydrogen-bond donors (Lipinski definition) is 2. The molecule has 20 heavy (non-hydrogen) atoms. The van der Waals surface area contributed by atoms with Crippen LogP contribution in [0, 0.1) is 0 Å². The Labute approximate surface area is 117 Å². The van der Waals surface area contributed by atoms with Gasteiger partial charge in [0.05, 0.1) is 11.7 Å². The van der Waals surface area contributed by atoms with Crippen LogP contribution in [-0.4, -0.2) is 17.3 Å². The molecule has 0 bridgehead atoms. The van der Waals surface area contributed by atoms with Crippen LogP contribution in [-0.2, 0) is 6.18 Å². The summed E-state index contributed by atoms with van der Waals surface area (Å²) >= 11 is 0. The highest BCUT2D eigenvalue weighted by Gasteiger charge is 2.38. The average molecular weight is 324 g/mol. The van der Waals surface area contributed by atoms with Crippen LogP contribution in [0.25, 0.3) is 0 Å². The van der Waals surface area contributed by atoms with Gasteiger partial charge in [-0.15, -0.1) is 12.4 Å². The van der Waals surface area contributed by atoms with Crippen molar-refractivity contribution in [3.8, 4) is 0 Å². The minimum Gasteiger partial charge on any atom is -0.388 e. The van der Waals surface area contributed by atoms with E-state index in [1.165, 1.54) is 0 Å². The molecular formula is C11H12ClF6NO. The fourth-order valence-corrected chi connectivity index (χ4v) is 1.43. The molecule has 0 aromatic heterocycles. The van der Waals surface area contributed by atoms with E-state index in [-0.39, 0.29) is 18.0 Å². The molecule has 0 heterocycles. The summed E-state index contributed by atoms with van der Waals surface area (Å²) in [5.41, 5.74) is 3.51. The molecule has 116 valence electrons. The van der Waals surface area contributed by atoms with Crippen LogP contribution < -0.4 is 5.73 Å². The monoisotopic (exact) mass is 323 g/mol. The maximum absolute atomic E-state index is 12.4. The summed E-state index contributed by atoms with van der Waals surface area (Å²) in [5.74, 6) is 0. The molecule has 1 rings (SSSR count). The zero-order valence-corrected chi connectivity index (χ0v) is 10.7. The van der Waals surface area contributed by atoms with E-state index in [9.17, 15) is 31.4 Å². The maximum atomic E-state index is 12.4. The van der Waals surface area contributed by atoms with E-state index >= 15 is 0 Å². The Kier molecular flexibility index (Phi) is 6.31. The van der Waals surface area contributed by atoms with Crippen LogP contribution >= 0.6 is 12.4 Å². The van der Waals surface area contributed by atoms with E-state index in [0.717, 1.165) is 18.2 Å². The van der Waals surface area contributed by atoms with Crippen LogP contribution in [0.2, 0.25) is 0 Å². The highest BCUT2D eigenvalue weighted by atomic mass is 35.5. The fraction of sp³-hybridized carbons (Fsp3) is 0.455. The van der Waals surface area contributed by atoms with Gasteiger partial charge < -0.3 is 10.8 Å². The van der Waals surface area contributed by atoms with Gasteiger partial charge in [0, 0.05) is 6.42 Å². The van der Waals surface area contributed by atoms with E-state index in [0.29, 0.717) is 6.07 Å². The normalized spacial score (nSPS) is 15.4. The summed E-state index contributed by atoms with van der Waals surface area (Å²) < 4.78 is 73.7. The predicted molar refractivity (Wildman–Crippen MR) is 62.3 cm³/mol. The van der Waals surface area contributed by atoms with Crippen LogP contribution in [0.4, 0.5) is 26.3 Å². The Bertz CT molecular complexity index is 434. The number of alkyl halides is 6. The topological polar surface area (TPSA) is 46.2 Å². The van der Waals surface area contributed by atoms with Gasteiger partial charge in [0.25, 0.3) is 0 Å². The lowest BCUT2D eigenvalue weighted by Crippen LogP contribution is -2.38. The van der Waals surface area contributed by atoms with Gasteiger partial charge in [-0.25, -0.2) is 0 Å². The molecule has 0 saturated carbocycles.